The number of carbonyl (C=O) groups is 2. The second-order valence-electron chi connectivity index (χ2n) is 8.41. The van der Waals surface area contributed by atoms with Gasteiger partial charge >= 0.3 is 5.97 Å². The first-order chi connectivity index (χ1) is 16.7. The fraction of sp³-hybridized carbons (Fsp3) is 0.231. The van der Waals surface area contributed by atoms with E-state index in [1.54, 1.807) is 24.3 Å². The second-order valence-corrected chi connectivity index (χ2v) is 8.41. The maximum Gasteiger partial charge on any atom is 0.320 e. The molecule has 0 spiro atoms. The van der Waals surface area contributed by atoms with Crippen molar-refractivity contribution in [2.75, 3.05) is 19.0 Å². The summed E-state index contributed by atoms with van der Waals surface area (Å²) in [5.74, 6) is -0.696. The third kappa shape index (κ3) is 6.64. The Balaban J connectivity index is 1.69. The molecular formula is C26H30N6O3. The molecule has 1 aromatic heterocycles. The minimum atomic E-state index is -1.08. The summed E-state index contributed by atoms with van der Waals surface area (Å²) in [7, 11) is 3.90. The Labute approximate surface area is 204 Å². The molecule has 3 rings (SSSR count). The van der Waals surface area contributed by atoms with Crippen molar-refractivity contribution in [2.24, 2.45) is 16.5 Å². The van der Waals surface area contributed by atoms with Gasteiger partial charge in [-0.05, 0) is 53.8 Å². The van der Waals surface area contributed by atoms with E-state index in [1.807, 2.05) is 62.4 Å². The monoisotopic (exact) mass is 474 g/mol. The maximum absolute atomic E-state index is 12.5. The number of hydrogen-bond donors (Lipinski definition) is 4. The van der Waals surface area contributed by atoms with Crippen LogP contribution in [0.1, 0.15) is 27.0 Å². The van der Waals surface area contributed by atoms with Crippen LogP contribution in [-0.2, 0) is 17.8 Å². The van der Waals surface area contributed by atoms with Crippen molar-refractivity contribution in [1.82, 2.24) is 10.3 Å². The molecule has 182 valence electrons. The highest BCUT2D eigenvalue weighted by Crippen LogP contribution is 2.28. The average molecular weight is 475 g/mol. The molecule has 2 aromatic carbocycles. The van der Waals surface area contributed by atoms with Crippen molar-refractivity contribution in [2.45, 2.75) is 25.9 Å². The predicted molar refractivity (Wildman–Crippen MR) is 137 cm³/mol. The quantitative estimate of drug-likeness (QED) is 0.287. The molecule has 1 unspecified atom stereocenters. The summed E-state index contributed by atoms with van der Waals surface area (Å²) in [4.78, 5) is 33.8. The number of aliphatic imine (C=N–C) groups is 1. The Morgan fingerprint density at radius 3 is 2.43 bits per heavy atom. The lowest BCUT2D eigenvalue weighted by Crippen LogP contribution is -2.32. The van der Waals surface area contributed by atoms with E-state index < -0.39 is 17.9 Å². The van der Waals surface area contributed by atoms with Gasteiger partial charge in [-0.15, -0.1) is 0 Å². The number of anilines is 1. The number of rotatable bonds is 8. The third-order valence-electron chi connectivity index (χ3n) is 5.52. The number of hydrogen-bond acceptors (Lipinski definition) is 5. The van der Waals surface area contributed by atoms with Gasteiger partial charge in [0.1, 0.15) is 11.9 Å². The lowest BCUT2D eigenvalue weighted by Gasteiger charge is -2.16. The number of aromatic nitrogens is 1. The van der Waals surface area contributed by atoms with Gasteiger partial charge in [0.15, 0.2) is 5.96 Å². The first-order valence-corrected chi connectivity index (χ1v) is 11.1. The van der Waals surface area contributed by atoms with Crippen LogP contribution in [0, 0.1) is 6.92 Å². The first kappa shape index (κ1) is 25.4. The number of aryl methyl sites for hydroxylation is 1. The number of carboxylic acid groups (broad SMARTS) is 1. The molecule has 0 saturated heterocycles. The molecule has 0 saturated carbocycles. The molecule has 9 heteroatoms. The van der Waals surface area contributed by atoms with E-state index in [0.717, 1.165) is 28.1 Å². The Morgan fingerprint density at radius 2 is 1.80 bits per heavy atom. The SMILES string of the molecule is Cc1cc(N(C)C)ncc1-c1ccccc1CNC(N)=NC(=O)c1ccc(CC(N)C(=O)O)cc1. The standard InChI is InChI=1S/C26H30N6O3/c1-16-12-23(32(2)3)29-15-21(16)20-7-5-4-6-19(20)14-30-26(28)31-24(33)18-10-8-17(9-11-18)13-22(27)25(34)35/h4-12,15,22H,13-14,27H2,1-3H3,(H,34,35)(H3,28,30,31,33). The molecule has 0 aliphatic rings. The van der Waals surface area contributed by atoms with E-state index in [2.05, 4.69) is 15.3 Å². The fourth-order valence-electron chi connectivity index (χ4n) is 3.53. The van der Waals surface area contributed by atoms with Gasteiger partial charge in [-0.1, -0.05) is 36.4 Å². The van der Waals surface area contributed by atoms with Crippen LogP contribution in [0.3, 0.4) is 0 Å². The highest BCUT2D eigenvalue weighted by Gasteiger charge is 2.13. The summed E-state index contributed by atoms with van der Waals surface area (Å²) in [6.45, 7) is 2.42. The predicted octanol–water partition coefficient (Wildman–Crippen LogP) is 2.32. The molecule has 1 amide bonds. The summed E-state index contributed by atoms with van der Waals surface area (Å²) >= 11 is 0. The van der Waals surface area contributed by atoms with Crippen molar-refractivity contribution >= 4 is 23.7 Å². The van der Waals surface area contributed by atoms with E-state index in [0.29, 0.717) is 17.7 Å². The van der Waals surface area contributed by atoms with Gasteiger partial charge in [0.25, 0.3) is 5.91 Å². The smallest absolute Gasteiger partial charge is 0.320 e. The van der Waals surface area contributed by atoms with Crippen molar-refractivity contribution < 1.29 is 14.7 Å². The molecular weight excluding hydrogens is 444 g/mol. The number of guanidine groups is 1. The third-order valence-corrected chi connectivity index (χ3v) is 5.52. The molecule has 1 heterocycles. The van der Waals surface area contributed by atoms with E-state index in [1.165, 1.54) is 0 Å². The van der Waals surface area contributed by atoms with Crippen molar-refractivity contribution in [3.05, 3.63) is 83.0 Å². The van der Waals surface area contributed by atoms with Crippen molar-refractivity contribution in [3.63, 3.8) is 0 Å². The topological polar surface area (TPSA) is 147 Å². The van der Waals surface area contributed by atoms with Gasteiger partial charge in [-0.25, -0.2) is 4.98 Å². The Kier molecular flexibility index (Phi) is 8.17. The zero-order valence-corrected chi connectivity index (χ0v) is 20.0. The van der Waals surface area contributed by atoms with Gasteiger partial charge in [0, 0.05) is 38.0 Å². The lowest BCUT2D eigenvalue weighted by atomic mass is 9.97. The molecule has 9 nitrogen and oxygen atoms in total. The minimum absolute atomic E-state index is 0.000387. The summed E-state index contributed by atoms with van der Waals surface area (Å²) in [6, 6.07) is 15.4. The van der Waals surface area contributed by atoms with Crippen LogP contribution < -0.4 is 21.7 Å². The molecule has 0 aliphatic carbocycles. The molecule has 3 aromatic rings. The lowest BCUT2D eigenvalue weighted by molar-refractivity contribution is -0.138. The maximum atomic E-state index is 12.5. The van der Waals surface area contributed by atoms with Crippen LogP contribution in [0.5, 0.6) is 0 Å². The first-order valence-electron chi connectivity index (χ1n) is 11.1. The molecule has 0 aliphatic heterocycles. The number of nitrogens with zero attached hydrogens (tertiary/aromatic N) is 3. The van der Waals surface area contributed by atoms with Gasteiger partial charge in [-0.2, -0.15) is 4.99 Å². The van der Waals surface area contributed by atoms with Gasteiger partial charge in [0.05, 0.1) is 0 Å². The average Bonchev–Trinajstić information content (AvgIpc) is 2.83. The van der Waals surface area contributed by atoms with E-state index in [4.69, 9.17) is 16.6 Å². The zero-order chi connectivity index (χ0) is 25.5. The minimum Gasteiger partial charge on any atom is -0.480 e. The molecule has 0 bridgehead atoms. The van der Waals surface area contributed by atoms with Gasteiger partial charge < -0.3 is 26.8 Å². The van der Waals surface area contributed by atoms with Gasteiger partial charge in [-0.3, -0.25) is 9.59 Å². The summed E-state index contributed by atoms with van der Waals surface area (Å²) < 4.78 is 0. The summed E-state index contributed by atoms with van der Waals surface area (Å²) in [5, 5.41) is 11.9. The molecule has 0 fully saturated rings. The summed E-state index contributed by atoms with van der Waals surface area (Å²) in [5.41, 5.74) is 16.7. The Bertz CT molecular complexity index is 1240. The molecule has 35 heavy (non-hydrogen) atoms. The van der Waals surface area contributed by atoms with E-state index in [9.17, 15) is 9.59 Å². The van der Waals surface area contributed by atoms with Crippen molar-refractivity contribution in [1.29, 1.82) is 0 Å². The summed E-state index contributed by atoms with van der Waals surface area (Å²) in [6.07, 6.45) is 2.03. The highest BCUT2D eigenvalue weighted by molar-refractivity contribution is 6.02. The van der Waals surface area contributed by atoms with E-state index in [-0.39, 0.29) is 12.4 Å². The molecule has 6 N–H and O–H groups in total. The number of nitrogens with one attached hydrogen (secondary N) is 1. The van der Waals surface area contributed by atoms with Crippen LogP contribution in [0.2, 0.25) is 0 Å². The number of benzene rings is 2. The largest absolute Gasteiger partial charge is 0.480 e. The fourth-order valence-corrected chi connectivity index (χ4v) is 3.53. The van der Waals surface area contributed by atoms with Crippen LogP contribution >= 0.6 is 0 Å². The molecule has 1 atom stereocenters. The highest BCUT2D eigenvalue weighted by atomic mass is 16.4. The van der Waals surface area contributed by atoms with E-state index >= 15 is 0 Å². The van der Waals surface area contributed by atoms with Gasteiger partial charge in [0.2, 0.25) is 0 Å². The second kappa shape index (κ2) is 11.3. The van der Waals surface area contributed by atoms with Crippen LogP contribution in [-0.4, -0.2) is 48.1 Å². The zero-order valence-electron chi connectivity index (χ0n) is 20.0. The Morgan fingerprint density at radius 1 is 1.11 bits per heavy atom. The van der Waals surface area contributed by atoms with Crippen LogP contribution in [0.15, 0.2) is 65.8 Å². The van der Waals surface area contributed by atoms with Crippen LogP contribution in [0.25, 0.3) is 11.1 Å². The number of aliphatic carboxylic acids is 1. The van der Waals surface area contributed by atoms with Crippen LogP contribution in [0.4, 0.5) is 5.82 Å². The number of carbonyl (C=O) groups excluding carboxylic acids is 1. The number of carboxylic acids is 1. The normalized spacial score (nSPS) is 12.2. The number of amides is 1. The Hall–Kier alpha value is -4.24. The number of pyridine rings is 1. The number of nitrogens with two attached hydrogens (primary N) is 2. The molecule has 0 radical (unpaired) electrons. The van der Waals surface area contributed by atoms with Crippen molar-refractivity contribution in [3.8, 4) is 11.1 Å².